The lowest BCUT2D eigenvalue weighted by Gasteiger charge is -2.11. The van der Waals surface area contributed by atoms with Gasteiger partial charge in [0.15, 0.2) is 11.5 Å². The standard InChI is InChI=1S/C15H12ClF2N3/c1-9-4-5-10(17)14(13(9)18)21-12(6-7-16)20-11-3-2-8-19-15(11)21/h2-5,8H,6-7H2,1H3. The Morgan fingerprint density at radius 3 is 2.81 bits per heavy atom. The number of benzene rings is 1. The van der Waals surface area contributed by atoms with Crippen LogP contribution in [0.2, 0.25) is 0 Å². The smallest absolute Gasteiger partial charge is 0.164 e. The van der Waals surface area contributed by atoms with Gasteiger partial charge in [0, 0.05) is 18.5 Å². The molecule has 0 spiro atoms. The monoisotopic (exact) mass is 307 g/mol. The normalized spacial score (nSPS) is 11.2. The highest BCUT2D eigenvalue weighted by atomic mass is 35.5. The van der Waals surface area contributed by atoms with Crippen LogP contribution in [0.3, 0.4) is 0 Å². The molecule has 3 nitrogen and oxygen atoms in total. The Labute approximate surface area is 125 Å². The number of imidazole rings is 1. The second kappa shape index (κ2) is 5.41. The first-order valence-corrected chi connectivity index (χ1v) is 7.00. The number of pyridine rings is 1. The fourth-order valence-electron chi connectivity index (χ4n) is 2.29. The highest BCUT2D eigenvalue weighted by molar-refractivity contribution is 6.17. The average Bonchev–Trinajstić information content (AvgIpc) is 2.83. The molecule has 0 saturated carbocycles. The third-order valence-corrected chi connectivity index (χ3v) is 3.48. The molecular formula is C15H12ClF2N3. The largest absolute Gasteiger partial charge is 0.275 e. The molecule has 0 amide bonds. The lowest BCUT2D eigenvalue weighted by molar-refractivity contribution is 0.562. The molecule has 0 aliphatic heterocycles. The summed E-state index contributed by atoms with van der Waals surface area (Å²) < 4.78 is 30.0. The van der Waals surface area contributed by atoms with Crippen molar-refractivity contribution < 1.29 is 8.78 Å². The summed E-state index contributed by atoms with van der Waals surface area (Å²) in [5, 5.41) is 0. The van der Waals surface area contributed by atoms with Crippen molar-refractivity contribution >= 4 is 22.8 Å². The van der Waals surface area contributed by atoms with Gasteiger partial charge in [-0.3, -0.25) is 4.57 Å². The van der Waals surface area contributed by atoms with Crippen molar-refractivity contribution in [1.82, 2.24) is 14.5 Å². The Morgan fingerprint density at radius 2 is 2.05 bits per heavy atom. The fraction of sp³-hybridized carbons (Fsp3) is 0.200. The zero-order valence-electron chi connectivity index (χ0n) is 11.3. The van der Waals surface area contributed by atoms with Crippen LogP contribution in [0.25, 0.3) is 16.9 Å². The highest BCUT2D eigenvalue weighted by Crippen LogP contribution is 2.26. The van der Waals surface area contributed by atoms with E-state index in [9.17, 15) is 8.78 Å². The van der Waals surface area contributed by atoms with Crippen LogP contribution in [0, 0.1) is 18.6 Å². The first-order chi connectivity index (χ1) is 10.1. The van der Waals surface area contributed by atoms with Crippen LogP contribution < -0.4 is 0 Å². The van der Waals surface area contributed by atoms with Gasteiger partial charge in [0.25, 0.3) is 0 Å². The predicted octanol–water partition coefficient (Wildman–Crippen LogP) is 3.79. The Morgan fingerprint density at radius 1 is 1.24 bits per heavy atom. The van der Waals surface area contributed by atoms with Crippen LogP contribution in [0.15, 0.2) is 30.5 Å². The second-order valence-corrected chi connectivity index (χ2v) is 5.05. The molecular weight excluding hydrogens is 296 g/mol. The van der Waals surface area contributed by atoms with Crippen molar-refractivity contribution in [3.05, 3.63) is 53.5 Å². The number of nitrogens with zero attached hydrogens (tertiary/aromatic N) is 3. The topological polar surface area (TPSA) is 30.7 Å². The van der Waals surface area contributed by atoms with E-state index in [1.807, 2.05) is 0 Å². The Kier molecular flexibility index (Phi) is 3.59. The summed E-state index contributed by atoms with van der Waals surface area (Å²) in [6, 6.07) is 6.13. The van der Waals surface area contributed by atoms with E-state index in [-0.39, 0.29) is 5.69 Å². The minimum atomic E-state index is -0.654. The van der Waals surface area contributed by atoms with Gasteiger partial charge in [0.1, 0.15) is 22.8 Å². The summed E-state index contributed by atoms with van der Waals surface area (Å²) in [6.07, 6.45) is 1.96. The van der Waals surface area contributed by atoms with Crippen LogP contribution >= 0.6 is 11.6 Å². The highest BCUT2D eigenvalue weighted by Gasteiger charge is 2.20. The molecule has 0 atom stereocenters. The maximum Gasteiger partial charge on any atom is 0.164 e. The molecule has 6 heteroatoms. The van der Waals surface area contributed by atoms with E-state index in [2.05, 4.69) is 9.97 Å². The summed E-state index contributed by atoms with van der Waals surface area (Å²) >= 11 is 5.77. The quantitative estimate of drug-likeness (QED) is 0.689. The molecule has 0 bridgehead atoms. The number of aromatic nitrogens is 3. The van der Waals surface area contributed by atoms with E-state index in [1.165, 1.54) is 16.7 Å². The zero-order chi connectivity index (χ0) is 15.0. The van der Waals surface area contributed by atoms with Gasteiger partial charge < -0.3 is 0 Å². The maximum atomic E-state index is 14.4. The molecule has 2 heterocycles. The number of aryl methyl sites for hydroxylation is 2. The van der Waals surface area contributed by atoms with Crippen molar-refractivity contribution in [1.29, 1.82) is 0 Å². The summed E-state index contributed by atoms with van der Waals surface area (Å²) in [4.78, 5) is 8.57. The minimum absolute atomic E-state index is 0.156. The summed E-state index contributed by atoms with van der Waals surface area (Å²) in [5.41, 5.74) is 1.20. The molecule has 0 aliphatic carbocycles. The molecule has 2 aromatic heterocycles. The van der Waals surface area contributed by atoms with Gasteiger partial charge in [-0.15, -0.1) is 11.6 Å². The molecule has 0 unspecified atom stereocenters. The van der Waals surface area contributed by atoms with Crippen LogP contribution in [-0.4, -0.2) is 20.4 Å². The van der Waals surface area contributed by atoms with E-state index >= 15 is 0 Å². The number of hydrogen-bond donors (Lipinski definition) is 0. The van der Waals surface area contributed by atoms with Crippen molar-refractivity contribution in [3.8, 4) is 5.69 Å². The Hall–Kier alpha value is -2.01. The third-order valence-electron chi connectivity index (χ3n) is 3.29. The van der Waals surface area contributed by atoms with Gasteiger partial charge in [-0.2, -0.15) is 0 Å². The number of hydrogen-bond acceptors (Lipinski definition) is 2. The maximum absolute atomic E-state index is 14.4. The van der Waals surface area contributed by atoms with Crippen LogP contribution in [0.1, 0.15) is 11.4 Å². The first-order valence-electron chi connectivity index (χ1n) is 6.46. The van der Waals surface area contributed by atoms with Gasteiger partial charge in [0.2, 0.25) is 0 Å². The van der Waals surface area contributed by atoms with Gasteiger partial charge in [-0.05, 0) is 30.7 Å². The number of alkyl halides is 1. The predicted molar refractivity (Wildman–Crippen MR) is 77.9 cm³/mol. The van der Waals surface area contributed by atoms with E-state index in [1.54, 1.807) is 25.3 Å². The van der Waals surface area contributed by atoms with Crippen molar-refractivity contribution in [2.24, 2.45) is 0 Å². The molecule has 0 aliphatic rings. The van der Waals surface area contributed by atoms with Crippen molar-refractivity contribution in [2.45, 2.75) is 13.3 Å². The molecule has 0 saturated heterocycles. The SMILES string of the molecule is Cc1ccc(F)c(-n2c(CCCl)nc3cccnc32)c1F. The zero-order valence-corrected chi connectivity index (χ0v) is 12.0. The Bertz CT molecular complexity index is 814. The van der Waals surface area contributed by atoms with Gasteiger partial charge in [-0.1, -0.05) is 6.07 Å². The molecule has 3 rings (SSSR count). The average molecular weight is 308 g/mol. The number of rotatable bonds is 3. The van der Waals surface area contributed by atoms with E-state index in [0.717, 1.165) is 0 Å². The molecule has 1 aromatic carbocycles. The van der Waals surface area contributed by atoms with Crippen LogP contribution in [0.5, 0.6) is 0 Å². The fourth-order valence-corrected chi connectivity index (χ4v) is 2.46. The van der Waals surface area contributed by atoms with Gasteiger partial charge in [0.05, 0.1) is 0 Å². The molecule has 0 radical (unpaired) electrons. The summed E-state index contributed by atoms with van der Waals surface area (Å²) in [6.45, 7) is 1.59. The van der Waals surface area contributed by atoms with E-state index in [4.69, 9.17) is 11.6 Å². The van der Waals surface area contributed by atoms with Crippen LogP contribution in [0.4, 0.5) is 8.78 Å². The lowest BCUT2D eigenvalue weighted by atomic mass is 10.2. The van der Waals surface area contributed by atoms with E-state index < -0.39 is 11.6 Å². The number of halogens is 3. The van der Waals surface area contributed by atoms with Gasteiger partial charge in [-0.25, -0.2) is 18.7 Å². The van der Waals surface area contributed by atoms with Crippen LogP contribution in [-0.2, 0) is 6.42 Å². The molecule has 0 fully saturated rings. The Balaban J connectivity index is 2.38. The molecule has 0 N–H and O–H groups in total. The van der Waals surface area contributed by atoms with Gasteiger partial charge >= 0.3 is 0 Å². The molecule has 3 aromatic rings. The summed E-state index contributed by atoms with van der Waals surface area (Å²) in [5.74, 6) is -0.477. The second-order valence-electron chi connectivity index (χ2n) is 4.68. The third kappa shape index (κ3) is 2.27. The lowest BCUT2D eigenvalue weighted by Crippen LogP contribution is -2.08. The molecule has 21 heavy (non-hydrogen) atoms. The van der Waals surface area contributed by atoms with Crippen molar-refractivity contribution in [3.63, 3.8) is 0 Å². The minimum Gasteiger partial charge on any atom is -0.275 e. The molecule has 108 valence electrons. The van der Waals surface area contributed by atoms with Crippen molar-refractivity contribution in [2.75, 3.05) is 5.88 Å². The first kappa shape index (κ1) is 13.9. The summed E-state index contributed by atoms with van der Waals surface area (Å²) in [7, 11) is 0. The number of fused-ring (bicyclic) bond motifs is 1. The van der Waals surface area contributed by atoms with E-state index in [0.29, 0.717) is 34.9 Å².